The normalized spacial score (nSPS) is 12.6. The Bertz CT molecular complexity index is 231. The highest BCUT2D eigenvalue weighted by Gasteiger charge is 2.27. The molecule has 0 aromatic rings. The van der Waals surface area contributed by atoms with Gasteiger partial charge in [-0.3, -0.25) is 4.79 Å². The predicted octanol–water partition coefficient (Wildman–Crippen LogP) is 0.650. The number of methoxy groups -OCH3 is 1. The number of amides is 1. The van der Waals surface area contributed by atoms with Crippen LogP contribution in [0, 0.1) is 11.8 Å². The zero-order valence-electron chi connectivity index (χ0n) is 9.82. The lowest BCUT2D eigenvalue weighted by Gasteiger charge is -2.25. The van der Waals surface area contributed by atoms with E-state index in [2.05, 4.69) is 0 Å². The second kappa shape index (κ2) is 6.74. The summed E-state index contributed by atoms with van der Waals surface area (Å²) in [5.41, 5.74) is 5.56. The number of thiocarbonyl (C=S) groups is 1. The van der Waals surface area contributed by atoms with Gasteiger partial charge in [-0.15, -0.1) is 0 Å². The molecule has 0 heterocycles. The first-order valence-electron chi connectivity index (χ1n) is 4.95. The van der Waals surface area contributed by atoms with E-state index >= 15 is 0 Å². The van der Waals surface area contributed by atoms with Crippen LogP contribution in [-0.4, -0.2) is 43.1 Å². The van der Waals surface area contributed by atoms with E-state index in [0.717, 1.165) is 0 Å². The molecule has 0 fully saturated rings. The molecule has 15 heavy (non-hydrogen) atoms. The van der Waals surface area contributed by atoms with E-state index in [4.69, 9.17) is 22.7 Å². The molecule has 0 bridgehead atoms. The summed E-state index contributed by atoms with van der Waals surface area (Å²) in [5, 5.41) is 0. The molecule has 2 N–H and O–H groups in total. The molecule has 0 aliphatic carbocycles. The molecule has 0 saturated carbocycles. The monoisotopic (exact) mass is 232 g/mol. The van der Waals surface area contributed by atoms with Crippen molar-refractivity contribution in [2.24, 2.45) is 17.6 Å². The quantitative estimate of drug-likeness (QED) is 0.683. The van der Waals surface area contributed by atoms with Gasteiger partial charge in [-0.05, 0) is 5.92 Å². The standard InChI is InChI=1S/C10H20N2O2S/c1-7(2)8(9(11)15)10(13)12(3)5-6-14-4/h7-8H,5-6H2,1-4H3,(H2,11,15). The van der Waals surface area contributed by atoms with Crippen LogP contribution >= 0.6 is 12.2 Å². The van der Waals surface area contributed by atoms with Crippen molar-refractivity contribution in [3.8, 4) is 0 Å². The van der Waals surface area contributed by atoms with E-state index in [1.54, 1.807) is 19.1 Å². The van der Waals surface area contributed by atoms with Crippen LogP contribution in [0.1, 0.15) is 13.8 Å². The first-order valence-corrected chi connectivity index (χ1v) is 5.35. The number of hydrogen-bond donors (Lipinski definition) is 1. The van der Waals surface area contributed by atoms with Gasteiger partial charge < -0.3 is 15.4 Å². The molecule has 0 aliphatic rings. The zero-order chi connectivity index (χ0) is 12.0. The number of rotatable bonds is 6. The number of ether oxygens (including phenoxy) is 1. The fourth-order valence-corrected chi connectivity index (χ4v) is 1.68. The second-order valence-electron chi connectivity index (χ2n) is 3.88. The fraction of sp³-hybridized carbons (Fsp3) is 0.800. The first-order chi connectivity index (χ1) is 6.91. The van der Waals surface area contributed by atoms with E-state index in [1.165, 1.54) is 0 Å². The summed E-state index contributed by atoms with van der Waals surface area (Å²) < 4.78 is 4.91. The van der Waals surface area contributed by atoms with Crippen molar-refractivity contribution in [3.63, 3.8) is 0 Å². The average molecular weight is 232 g/mol. The Kier molecular flexibility index (Phi) is 6.43. The molecule has 0 aromatic carbocycles. The van der Waals surface area contributed by atoms with E-state index < -0.39 is 0 Å². The summed E-state index contributed by atoms with van der Waals surface area (Å²) in [5.74, 6) is -0.281. The molecular formula is C10H20N2O2S. The third-order valence-corrected chi connectivity index (χ3v) is 2.50. The fourth-order valence-electron chi connectivity index (χ4n) is 1.31. The third kappa shape index (κ3) is 4.57. The zero-order valence-corrected chi connectivity index (χ0v) is 10.6. The maximum absolute atomic E-state index is 11.9. The summed E-state index contributed by atoms with van der Waals surface area (Å²) in [6.07, 6.45) is 0. The Morgan fingerprint density at radius 2 is 2.07 bits per heavy atom. The van der Waals surface area contributed by atoms with Crippen LogP contribution in [0.4, 0.5) is 0 Å². The summed E-state index contributed by atoms with van der Waals surface area (Å²) >= 11 is 4.90. The Balaban J connectivity index is 4.43. The number of carbonyl (C=O) groups is 1. The van der Waals surface area contributed by atoms with Crippen LogP contribution in [0.5, 0.6) is 0 Å². The molecule has 5 heteroatoms. The summed E-state index contributed by atoms with van der Waals surface area (Å²) in [7, 11) is 3.33. The van der Waals surface area contributed by atoms with Gasteiger partial charge in [-0.2, -0.15) is 0 Å². The van der Waals surface area contributed by atoms with Gasteiger partial charge in [0.05, 0.1) is 17.5 Å². The number of nitrogens with two attached hydrogens (primary N) is 1. The van der Waals surface area contributed by atoms with Crippen LogP contribution in [0.15, 0.2) is 0 Å². The Labute approximate surface area is 96.8 Å². The van der Waals surface area contributed by atoms with Crippen LogP contribution in [0.25, 0.3) is 0 Å². The maximum atomic E-state index is 11.9. The largest absolute Gasteiger partial charge is 0.393 e. The molecule has 0 rings (SSSR count). The summed E-state index contributed by atoms with van der Waals surface area (Å²) in [4.78, 5) is 13.8. The third-order valence-electron chi connectivity index (χ3n) is 2.25. The van der Waals surface area contributed by atoms with E-state index in [0.29, 0.717) is 13.2 Å². The van der Waals surface area contributed by atoms with E-state index in [-0.39, 0.29) is 22.7 Å². The van der Waals surface area contributed by atoms with Crippen molar-refractivity contribution >= 4 is 23.1 Å². The Hall–Kier alpha value is -0.680. The first kappa shape index (κ1) is 14.3. The van der Waals surface area contributed by atoms with Crippen LogP contribution < -0.4 is 5.73 Å². The molecule has 1 amide bonds. The minimum atomic E-state index is -0.373. The molecule has 1 atom stereocenters. The highest BCUT2D eigenvalue weighted by Crippen LogP contribution is 2.14. The van der Waals surface area contributed by atoms with Gasteiger partial charge in [0.2, 0.25) is 5.91 Å². The van der Waals surface area contributed by atoms with Crippen molar-refractivity contribution < 1.29 is 9.53 Å². The molecule has 0 spiro atoms. The van der Waals surface area contributed by atoms with Gasteiger partial charge >= 0.3 is 0 Å². The molecular weight excluding hydrogens is 212 g/mol. The van der Waals surface area contributed by atoms with Crippen LogP contribution in [0.3, 0.4) is 0 Å². The molecule has 1 unspecified atom stereocenters. The highest BCUT2D eigenvalue weighted by molar-refractivity contribution is 7.80. The molecule has 0 aliphatic heterocycles. The van der Waals surface area contributed by atoms with E-state index in [9.17, 15) is 4.79 Å². The van der Waals surface area contributed by atoms with Gasteiger partial charge in [0.25, 0.3) is 0 Å². The van der Waals surface area contributed by atoms with Gasteiger partial charge in [0, 0.05) is 20.7 Å². The van der Waals surface area contributed by atoms with Gasteiger partial charge in [0.1, 0.15) is 0 Å². The molecule has 0 radical (unpaired) electrons. The van der Waals surface area contributed by atoms with Crippen LogP contribution in [0.2, 0.25) is 0 Å². The smallest absolute Gasteiger partial charge is 0.232 e. The van der Waals surface area contributed by atoms with Crippen molar-refractivity contribution in [2.75, 3.05) is 27.3 Å². The lowest BCUT2D eigenvalue weighted by molar-refractivity contribution is -0.133. The van der Waals surface area contributed by atoms with Crippen molar-refractivity contribution in [2.45, 2.75) is 13.8 Å². The molecule has 88 valence electrons. The predicted molar refractivity (Wildman–Crippen MR) is 64.6 cm³/mol. The van der Waals surface area contributed by atoms with Gasteiger partial charge in [0.15, 0.2) is 0 Å². The van der Waals surface area contributed by atoms with Crippen LogP contribution in [-0.2, 0) is 9.53 Å². The molecule has 0 saturated heterocycles. The SMILES string of the molecule is COCCN(C)C(=O)C(C(N)=S)C(C)C. The Morgan fingerprint density at radius 3 is 2.40 bits per heavy atom. The van der Waals surface area contributed by atoms with Crippen molar-refractivity contribution in [1.82, 2.24) is 4.90 Å². The topological polar surface area (TPSA) is 55.6 Å². The number of carbonyl (C=O) groups excluding carboxylic acids is 1. The minimum Gasteiger partial charge on any atom is -0.393 e. The maximum Gasteiger partial charge on any atom is 0.232 e. The minimum absolute atomic E-state index is 0.0328. The molecule has 4 nitrogen and oxygen atoms in total. The lowest BCUT2D eigenvalue weighted by Crippen LogP contribution is -2.42. The highest BCUT2D eigenvalue weighted by atomic mass is 32.1. The lowest BCUT2D eigenvalue weighted by atomic mass is 9.94. The summed E-state index contributed by atoms with van der Waals surface area (Å²) in [6, 6.07) is 0. The molecule has 0 aromatic heterocycles. The van der Waals surface area contributed by atoms with Crippen molar-refractivity contribution in [3.05, 3.63) is 0 Å². The van der Waals surface area contributed by atoms with Gasteiger partial charge in [-0.25, -0.2) is 0 Å². The summed E-state index contributed by atoms with van der Waals surface area (Å²) in [6.45, 7) is 4.95. The van der Waals surface area contributed by atoms with Crippen molar-refractivity contribution in [1.29, 1.82) is 0 Å². The average Bonchev–Trinajstić information content (AvgIpc) is 2.12. The van der Waals surface area contributed by atoms with E-state index in [1.807, 2.05) is 13.8 Å². The Morgan fingerprint density at radius 1 is 1.53 bits per heavy atom. The number of nitrogens with zero attached hydrogens (tertiary/aromatic N) is 1. The number of likely N-dealkylation sites (N-methyl/N-ethyl adjacent to an activating group) is 1. The second-order valence-corrected chi connectivity index (χ2v) is 4.35. The van der Waals surface area contributed by atoms with Gasteiger partial charge in [-0.1, -0.05) is 26.1 Å². The number of hydrogen-bond acceptors (Lipinski definition) is 3.